The fraction of sp³-hybridized carbons (Fsp3) is 0.385. The lowest BCUT2D eigenvalue weighted by atomic mass is 10.1. The third-order valence-electron chi connectivity index (χ3n) is 6.10. The highest BCUT2D eigenvalue weighted by Crippen LogP contribution is 2.19. The molecule has 1 aliphatic rings. The normalized spacial score (nSPS) is 14.8. The summed E-state index contributed by atoms with van der Waals surface area (Å²) in [4.78, 5) is 17.3. The lowest BCUT2D eigenvalue weighted by molar-refractivity contribution is -0.130. The molecule has 33 heavy (non-hydrogen) atoms. The molecule has 0 unspecified atom stereocenters. The van der Waals surface area contributed by atoms with Crippen molar-refractivity contribution in [2.45, 2.75) is 39.8 Å². The summed E-state index contributed by atoms with van der Waals surface area (Å²) in [7, 11) is 0. The topological polar surface area (TPSA) is 58.8 Å². The zero-order valence-corrected chi connectivity index (χ0v) is 20.0. The molecule has 3 aromatic rings. The van der Waals surface area contributed by atoms with Crippen molar-refractivity contribution < 1.29 is 14.1 Å². The number of carbonyl (C=O) groups excluding carboxylic acids is 1. The molecule has 0 atom stereocenters. The van der Waals surface area contributed by atoms with Crippen LogP contribution in [0.2, 0.25) is 5.02 Å². The van der Waals surface area contributed by atoms with E-state index >= 15 is 0 Å². The molecule has 1 amide bonds. The van der Waals surface area contributed by atoms with Gasteiger partial charge in [0.1, 0.15) is 18.1 Å². The zero-order chi connectivity index (χ0) is 23.2. The first-order valence-corrected chi connectivity index (χ1v) is 11.7. The van der Waals surface area contributed by atoms with Crippen LogP contribution in [0.5, 0.6) is 5.75 Å². The second-order valence-corrected chi connectivity index (χ2v) is 8.99. The van der Waals surface area contributed by atoms with Gasteiger partial charge in [-0.25, -0.2) is 0 Å². The fourth-order valence-corrected chi connectivity index (χ4v) is 4.21. The van der Waals surface area contributed by atoms with Gasteiger partial charge in [-0.3, -0.25) is 9.69 Å². The number of rotatable bonds is 7. The maximum Gasteiger partial charge on any atom is 0.227 e. The molecule has 1 fully saturated rings. The van der Waals surface area contributed by atoms with Crippen molar-refractivity contribution in [3.63, 3.8) is 0 Å². The molecule has 0 radical (unpaired) electrons. The largest absolute Gasteiger partial charge is 0.489 e. The number of nitrogens with zero attached hydrogens (tertiary/aromatic N) is 3. The molecule has 6 nitrogen and oxygen atoms in total. The minimum absolute atomic E-state index is 0.174. The summed E-state index contributed by atoms with van der Waals surface area (Å²) in [6.45, 7) is 8.51. The van der Waals surface area contributed by atoms with E-state index in [1.54, 1.807) is 0 Å². The predicted molar refractivity (Wildman–Crippen MR) is 128 cm³/mol. The molecule has 174 valence electrons. The van der Waals surface area contributed by atoms with Gasteiger partial charge in [-0.1, -0.05) is 41.0 Å². The monoisotopic (exact) mass is 467 g/mol. The molecular weight excluding hydrogens is 438 g/mol. The molecule has 1 aromatic heterocycles. The van der Waals surface area contributed by atoms with Gasteiger partial charge in [0.15, 0.2) is 0 Å². The minimum atomic E-state index is 0.174. The predicted octanol–water partition coefficient (Wildman–Crippen LogP) is 4.80. The van der Waals surface area contributed by atoms with Crippen LogP contribution in [0.4, 0.5) is 0 Å². The SMILES string of the molecule is Cc1noc(C)c1COc1ccc(CC(=O)N2CCCN(Cc3ccc(Cl)cc3)CC2)cc1. The first-order valence-electron chi connectivity index (χ1n) is 11.4. The van der Waals surface area contributed by atoms with Crippen LogP contribution in [0.3, 0.4) is 0 Å². The Hall–Kier alpha value is -2.83. The van der Waals surface area contributed by atoms with Gasteiger partial charge in [0, 0.05) is 37.7 Å². The second-order valence-electron chi connectivity index (χ2n) is 8.55. The van der Waals surface area contributed by atoms with Crippen LogP contribution in [0.25, 0.3) is 0 Å². The van der Waals surface area contributed by atoms with Crippen LogP contribution in [-0.2, 0) is 24.4 Å². The van der Waals surface area contributed by atoms with Crippen molar-refractivity contribution in [2.75, 3.05) is 26.2 Å². The van der Waals surface area contributed by atoms with Crippen LogP contribution >= 0.6 is 11.6 Å². The molecule has 0 spiro atoms. The summed E-state index contributed by atoms with van der Waals surface area (Å²) in [6.07, 6.45) is 1.38. The standard InChI is InChI=1S/C26H30ClN3O3/c1-19-25(20(2)33-28-19)18-32-24-10-6-21(7-11-24)16-26(31)30-13-3-12-29(14-15-30)17-22-4-8-23(27)9-5-22/h4-11H,3,12-18H2,1-2H3. The Kier molecular flexibility index (Phi) is 7.68. The van der Waals surface area contributed by atoms with Crippen molar-refractivity contribution >= 4 is 17.5 Å². The van der Waals surface area contributed by atoms with Crippen molar-refractivity contribution in [1.82, 2.24) is 15.0 Å². The Labute approximate surface area is 200 Å². The average Bonchev–Trinajstić information content (AvgIpc) is 2.99. The molecule has 4 rings (SSSR count). The lowest BCUT2D eigenvalue weighted by Crippen LogP contribution is -2.36. The second kappa shape index (κ2) is 10.9. The Morgan fingerprint density at radius 3 is 2.42 bits per heavy atom. The molecule has 1 aliphatic heterocycles. The Morgan fingerprint density at radius 1 is 1.00 bits per heavy atom. The summed E-state index contributed by atoms with van der Waals surface area (Å²) < 4.78 is 11.0. The van der Waals surface area contributed by atoms with Crippen molar-refractivity contribution in [2.24, 2.45) is 0 Å². The smallest absolute Gasteiger partial charge is 0.227 e. The van der Waals surface area contributed by atoms with Crippen LogP contribution in [0.15, 0.2) is 53.1 Å². The lowest BCUT2D eigenvalue weighted by Gasteiger charge is -2.22. The van der Waals surface area contributed by atoms with E-state index in [9.17, 15) is 4.79 Å². The zero-order valence-electron chi connectivity index (χ0n) is 19.2. The van der Waals surface area contributed by atoms with Gasteiger partial charge in [-0.2, -0.15) is 0 Å². The average molecular weight is 468 g/mol. The van der Waals surface area contributed by atoms with E-state index in [2.05, 4.69) is 22.2 Å². The van der Waals surface area contributed by atoms with Crippen molar-refractivity contribution in [3.05, 3.63) is 81.7 Å². The number of halogens is 1. The van der Waals surface area contributed by atoms with Gasteiger partial charge >= 0.3 is 0 Å². The highest BCUT2D eigenvalue weighted by molar-refractivity contribution is 6.30. The molecule has 1 saturated heterocycles. The number of ether oxygens (including phenoxy) is 1. The van der Waals surface area contributed by atoms with Gasteiger partial charge < -0.3 is 14.2 Å². The minimum Gasteiger partial charge on any atom is -0.489 e. The maximum absolute atomic E-state index is 12.9. The third-order valence-corrected chi connectivity index (χ3v) is 6.36. The number of amides is 1. The number of benzene rings is 2. The Bertz CT molecular complexity index is 1040. The van der Waals surface area contributed by atoms with E-state index < -0.39 is 0 Å². The number of hydrogen-bond acceptors (Lipinski definition) is 5. The summed E-state index contributed by atoms with van der Waals surface area (Å²) in [5.74, 6) is 1.71. The highest BCUT2D eigenvalue weighted by atomic mass is 35.5. The van der Waals surface area contributed by atoms with E-state index in [-0.39, 0.29) is 5.91 Å². The number of carbonyl (C=O) groups is 1. The van der Waals surface area contributed by atoms with Gasteiger partial charge in [0.2, 0.25) is 5.91 Å². The Balaban J connectivity index is 1.26. The summed E-state index contributed by atoms with van der Waals surface area (Å²) in [6, 6.07) is 15.7. The quantitative estimate of drug-likeness (QED) is 0.499. The number of aromatic nitrogens is 1. The first kappa shape index (κ1) is 23.3. The van der Waals surface area contributed by atoms with Gasteiger partial charge in [-0.05, 0) is 55.7 Å². The molecule has 0 bridgehead atoms. The van der Waals surface area contributed by atoms with Crippen molar-refractivity contribution in [1.29, 1.82) is 0 Å². The van der Waals surface area contributed by atoms with Crippen LogP contribution in [0, 0.1) is 13.8 Å². The molecule has 7 heteroatoms. The molecule has 2 heterocycles. The molecule has 2 aromatic carbocycles. The van der Waals surface area contributed by atoms with E-state index in [1.807, 2.05) is 55.1 Å². The number of aryl methyl sites for hydroxylation is 2. The maximum atomic E-state index is 12.9. The summed E-state index contributed by atoms with van der Waals surface area (Å²) >= 11 is 5.99. The van der Waals surface area contributed by atoms with Gasteiger partial charge in [0.25, 0.3) is 0 Å². The van der Waals surface area contributed by atoms with E-state index in [1.165, 1.54) is 5.56 Å². The number of hydrogen-bond donors (Lipinski definition) is 0. The van der Waals surface area contributed by atoms with Crippen LogP contribution in [0.1, 0.15) is 34.6 Å². The molecule has 0 N–H and O–H groups in total. The molecule has 0 saturated carbocycles. The van der Waals surface area contributed by atoms with E-state index in [0.717, 1.165) is 72.5 Å². The summed E-state index contributed by atoms with van der Waals surface area (Å²) in [5.41, 5.74) is 4.06. The van der Waals surface area contributed by atoms with Gasteiger partial charge in [0.05, 0.1) is 17.7 Å². The van der Waals surface area contributed by atoms with E-state index in [4.69, 9.17) is 20.9 Å². The van der Waals surface area contributed by atoms with Crippen LogP contribution in [-0.4, -0.2) is 47.0 Å². The third kappa shape index (κ3) is 6.36. The van der Waals surface area contributed by atoms with E-state index in [0.29, 0.717) is 13.0 Å². The highest BCUT2D eigenvalue weighted by Gasteiger charge is 2.19. The fourth-order valence-electron chi connectivity index (χ4n) is 4.08. The van der Waals surface area contributed by atoms with Gasteiger partial charge in [-0.15, -0.1) is 0 Å². The van der Waals surface area contributed by atoms with Crippen molar-refractivity contribution in [3.8, 4) is 5.75 Å². The summed E-state index contributed by atoms with van der Waals surface area (Å²) in [5, 5.41) is 4.71. The van der Waals surface area contributed by atoms with Crippen LogP contribution < -0.4 is 4.74 Å². The molecular formula is C26H30ClN3O3. The Morgan fingerprint density at radius 2 is 1.73 bits per heavy atom. The first-order chi connectivity index (χ1) is 16.0. The molecule has 0 aliphatic carbocycles.